The first-order valence-electron chi connectivity index (χ1n) is 39.8. The molecular weight excluding hydrogens is 1250 g/mol. The van der Waals surface area contributed by atoms with E-state index in [0.717, 1.165) is 154 Å². The van der Waals surface area contributed by atoms with Crippen molar-refractivity contribution < 1.29 is 42.1 Å². The maximum absolute atomic E-state index is 12.9. The molecule has 0 aliphatic carbocycles. The van der Waals surface area contributed by atoms with Gasteiger partial charge >= 0.3 is 19.8 Å². The second-order valence-electron chi connectivity index (χ2n) is 27.0. The van der Waals surface area contributed by atoms with E-state index in [2.05, 4.69) is 220 Å². The van der Waals surface area contributed by atoms with Gasteiger partial charge < -0.3 is 18.9 Å². The molecule has 9 nitrogen and oxygen atoms in total. The molecule has 0 radical (unpaired) electrons. The predicted molar refractivity (Wildman–Crippen MR) is 435 cm³/mol. The van der Waals surface area contributed by atoms with E-state index in [1.54, 1.807) is 0 Å². The number of hydrogen-bond donors (Lipinski definition) is 1. The zero-order chi connectivity index (χ0) is 72.5. The Kier molecular flexibility index (Phi) is 73.5. The molecular formula is C90H147NO8P+. The number of esters is 2. The molecule has 0 amide bonds. The van der Waals surface area contributed by atoms with E-state index >= 15 is 0 Å². The highest BCUT2D eigenvalue weighted by molar-refractivity contribution is 7.47. The minimum atomic E-state index is -4.41. The third-order valence-electron chi connectivity index (χ3n) is 16.3. The summed E-state index contributed by atoms with van der Waals surface area (Å²) in [6.07, 6.45) is 122. The summed E-state index contributed by atoms with van der Waals surface area (Å²) in [5, 5.41) is 0. The van der Waals surface area contributed by atoms with Gasteiger partial charge in [0.15, 0.2) is 6.10 Å². The van der Waals surface area contributed by atoms with E-state index in [1.165, 1.54) is 109 Å². The van der Waals surface area contributed by atoms with Gasteiger partial charge in [0.05, 0.1) is 27.7 Å². The minimum absolute atomic E-state index is 0.0217. The van der Waals surface area contributed by atoms with E-state index in [0.29, 0.717) is 17.4 Å². The van der Waals surface area contributed by atoms with Crippen molar-refractivity contribution in [3.8, 4) is 0 Å². The van der Waals surface area contributed by atoms with Crippen molar-refractivity contribution in [2.24, 2.45) is 0 Å². The summed E-state index contributed by atoms with van der Waals surface area (Å²) >= 11 is 0. The fraction of sp³-hybridized carbons (Fsp3) is 0.600. The molecule has 564 valence electrons. The standard InChI is InChI=1S/C90H146NO8P/c1-6-8-10-12-14-16-18-20-22-24-26-28-30-32-34-36-38-40-42-44-45-47-49-51-53-55-57-59-61-63-65-67-69-71-73-75-77-79-81-83-90(93)99-88(87-98-100(94,95)97-85-84-91(3,4)5)86-96-89(92)82-80-78-76-74-72-70-68-66-64-62-60-58-56-54-52-50-48-46-43-41-39-37-35-33-31-29-27-25-23-21-19-17-15-13-11-9-7-2/h8-11,14-17,20-23,26-29,32-35,38-41,44-46,48-49,51-52,54-55,57,88H,6-7,12-13,18-19,24-25,30-31,36-37,42-43,47,50,53,56,58-87H2,1-5H3/p+1/b10-8-,11-9-,16-14-,17-15-,22-20-,23-21-,28-26-,29-27-,34-32-,35-33-,40-38-,41-39-,45-44-,48-46-,51-49-,54-52-,57-55-. The van der Waals surface area contributed by atoms with Crippen LogP contribution < -0.4 is 0 Å². The topological polar surface area (TPSA) is 108 Å². The van der Waals surface area contributed by atoms with E-state index in [-0.39, 0.29) is 32.0 Å². The number of quaternary nitrogens is 1. The number of likely N-dealkylation sites (N-methyl/N-ethyl adjacent to an activating group) is 1. The molecule has 0 saturated carbocycles. The lowest BCUT2D eigenvalue weighted by Crippen LogP contribution is -2.37. The van der Waals surface area contributed by atoms with Gasteiger partial charge in [-0.3, -0.25) is 18.6 Å². The van der Waals surface area contributed by atoms with Gasteiger partial charge in [-0.05, 0) is 148 Å². The maximum Gasteiger partial charge on any atom is 0.472 e. The minimum Gasteiger partial charge on any atom is -0.462 e. The highest BCUT2D eigenvalue weighted by atomic mass is 31.2. The van der Waals surface area contributed by atoms with Crippen LogP contribution >= 0.6 is 7.82 Å². The number of ether oxygens (including phenoxy) is 2. The summed E-state index contributed by atoms with van der Waals surface area (Å²) in [7, 11) is 1.46. The number of rotatable bonds is 71. The van der Waals surface area contributed by atoms with Crippen LogP contribution in [0.25, 0.3) is 0 Å². The Labute approximate surface area is 615 Å². The summed E-state index contributed by atoms with van der Waals surface area (Å²) in [5.41, 5.74) is 0. The number of carbonyl (C=O) groups excluding carboxylic acids is 2. The molecule has 100 heavy (non-hydrogen) atoms. The van der Waals surface area contributed by atoms with Crippen molar-refractivity contribution in [3.05, 3.63) is 207 Å². The van der Waals surface area contributed by atoms with Crippen LogP contribution in [0.2, 0.25) is 0 Å². The summed E-state index contributed by atoms with van der Waals surface area (Å²) in [4.78, 5) is 36.0. The first-order chi connectivity index (χ1) is 49.0. The predicted octanol–water partition coefficient (Wildman–Crippen LogP) is 26.9. The van der Waals surface area contributed by atoms with E-state index in [4.69, 9.17) is 18.5 Å². The van der Waals surface area contributed by atoms with E-state index in [1.807, 2.05) is 21.1 Å². The molecule has 1 N–H and O–H groups in total. The third-order valence-corrected chi connectivity index (χ3v) is 17.3. The third kappa shape index (κ3) is 81.6. The van der Waals surface area contributed by atoms with Crippen molar-refractivity contribution in [1.82, 2.24) is 0 Å². The lowest BCUT2D eigenvalue weighted by molar-refractivity contribution is -0.870. The zero-order valence-electron chi connectivity index (χ0n) is 64.3. The lowest BCUT2D eigenvalue weighted by atomic mass is 10.0. The van der Waals surface area contributed by atoms with Gasteiger partial charge in [-0.25, -0.2) is 4.57 Å². The van der Waals surface area contributed by atoms with Crippen molar-refractivity contribution in [2.45, 2.75) is 302 Å². The van der Waals surface area contributed by atoms with Gasteiger partial charge in [-0.1, -0.05) is 342 Å². The number of hydrogen-bond acceptors (Lipinski definition) is 7. The van der Waals surface area contributed by atoms with E-state index in [9.17, 15) is 19.0 Å². The molecule has 10 heteroatoms. The molecule has 0 bridgehead atoms. The van der Waals surface area contributed by atoms with Gasteiger partial charge in [0, 0.05) is 12.8 Å². The molecule has 0 spiro atoms. The smallest absolute Gasteiger partial charge is 0.462 e. The average Bonchev–Trinajstić information content (AvgIpc) is 1.07. The molecule has 0 saturated heterocycles. The Morgan fingerprint density at radius 2 is 0.540 bits per heavy atom. The van der Waals surface area contributed by atoms with Crippen LogP contribution in [0, 0.1) is 0 Å². The highest BCUT2D eigenvalue weighted by Gasteiger charge is 2.27. The Morgan fingerprint density at radius 3 is 0.800 bits per heavy atom. The quantitative estimate of drug-likeness (QED) is 0.0211. The number of nitrogens with zero attached hydrogens (tertiary/aromatic N) is 1. The summed E-state index contributed by atoms with van der Waals surface area (Å²) in [6, 6.07) is 0. The molecule has 2 unspecified atom stereocenters. The van der Waals surface area contributed by atoms with Crippen LogP contribution in [0.1, 0.15) is 296 Å². The van der Waals surface area contributed by atoms with Crippen LogP contribution in [0.3, 0.4) is 0 Å². The normalized spacial score (nSPS) is 14.2. The second kappa shape index (κ2) is 77.7. The lowest BCUT2D eigenvalue weighted by Gasteiger charge is -2.24. The number of carbonyl (C=O) groups is 2. The van der Waals surface area contributed by atoms with Gasteiger partial charge in [-0.15, -0.1) is 0 Å². The number of phosphoric acid groups is 1. The largest absolute Gasteiger partial charge is 0.472 e. The fourth-order valence-corrected chi connectivity index (χ4v) is 11.1. The molecule has 0 rings (SSSR count). The Morgan fingerprint density at radius 1 is 0.310 bits per heavy atom. The molecule has 2 atom stereocenters. The van der Waals surface area contributed by atoms with Crippen molar-refractivity contribution in [1.29, 1.82) is 0 Å². The average molecular weight is 1400 g/mol. The van der Waals surface area contributed by atoms with E-state index < -0.39 is 26.5 Å². The Bertz CT molecular complexity index is 2450. The monoisotopic (exact) mass is 1400 g/mol. The van der Waals surface area contributed by atoms with Gasteiger partial charge in [0.2, 0.25) is 0 Å². The van der Waals surface area contributed by atoms with Crippen molar-refractivity contribution >= 4 is 19.8 Å². The number of allylic oxidation sites excluding steroid dienone is 34. The molecule has 0 aliphatic rings. The summed E-state index contributed by atoms with van der Waals surface area (Å²) in [6.45, 7) is 4.19. The number of unbranched alkanes of at least 4 members (excludes halogenated alkanes) is 23. The molecule has 0 aromatic heterocycles. The van der Waals surface area contributed by atoms with Gasteiger partial charge in [0.25, 0.3) is 0 Å². The summed E-state index contributed by atoms with van der Waals surface area (Å²) < 4.78 is 34.8. The van der Waals surface area contributed by atoms with Gasteiger partial charge in [0.1, 0.15) is 19.8 Å². The first-order valence-corrected chi connectivity index (χ1v) is 41.3. The van der Waals surface area contributed by atoms with Crippen LogP contribution in [0.5, 0.6) is 0 Å². The van der Waals surface area contributed by atoms with Crippen molar-refractivity contribution in [3.63, 3.8) is 0 Å². The number of phosphoric ester groups is 1. The Hall–Kier alpha value is -5.41. The molecule has 0 aromatic carbocycles. The molecule has 0 aromatic rings. The van der Waals surface area contributed by atoms with Crippen LogP contribution in [0.15, 0.2) is 207 Å². The van der Waals surface area contributed by atoms with Crippen molar-refractivity contribution in [2.75, 3.05) is 47.5 Å². The molecule has 0 aliphatic heterocycles. The maximum atomic E-state index is 12.9. The van der Waals surface area contributed by atoms with Gasteiger partial charge in [-0.2, -0.15) is 0 Å². The summed E-state index contributed by atoms with van der Waals surface area (Å²) in [5.74, 6) is -0.810. The zero-order valence-corrected chi connectivity index (χ0v) is 65.2. The Balaban J connectivity index is 4.07. The molecule has 0 fully saturated rings. The van der Waals surface area contributed by atoms with Crippen LogP contribution in [-0.2, 0) is 32.7 Å². The van der Waals surface area contributed by atoms with Crippen LogP contribution in [0.4, 0.5) is 0 Å². The fourth-order valence-electron chi connectivity index (χ4n) is 10.3. The first kappa shape index (κ1) is 94.6. The SMILES string of the molecule is CC/C=C\C/C=C\C/C=C\C/C=C\C/C=C\C/C=C\C/C=C\C/C=C\C/C=C\CCCCCCCCCCCCCC(=O)OC(COC(=O)CCCCCCCCCCCCCC/C=C\C/C=C\C/C=C\C/C=C\C/C=C\C/C=C\C/C=C\C/C=C\CC)COP(=O)(O)OCC[N+](C)(C)C. The molecule has 0 heterocycles. The second-order valence-corrected chi connectivity index (χ2v) is 28.4. The van der Waals surface area contributed by atoms with Crippen LogP contribution in [-0.4, -0.2) is 74.9 Å². The highest BCUT2D eigenvalue weighted by Crippen LogP contribution is 2.43.